The first-order valence-electron chi connectivity index (χ1n) is 8.55. The summed E-state index contributed by atoms with van der Waals surface area (Å²) in [4.78, 5) is 23.7. The van der Waals surface area contributed by atoms with Crippen molar-refractivity contribution in [3.63, 3.8) is 0 Å². The zero-order chi connectivity index (χ0) is 18.4. The van der Waals surface area contributed by atoms with E-state index in [4.69, 9.17) is 4.74 Å². The number of nitrogens with zero attached hydrogens (tertiary/aromatic N) is 1. The SMILES string of the molecule is Cc1csc(=O)n1CC(=O)NC(C)CCc1ccc(OC(C)C)cc1. The Morgan fingerprint density at radius 3 is 2.48 bits per heavy atom. The minimum absolute atomic E-state index is 0.0498. The number of hydrogen-bond acceptors (Lipinski definition) is 4. The summed E-state index contributed by atoms with van der Waals surface area (Å²) in [6.07, 6.45) is 1.88. The summed E-state index contributed by atoms with van der Waals surface area (Å²) in [5.74, 6) is 0.744. The van der Waals surface area contributed by atoms with Crippen molar-refractivity contribution >= 4 is 17.2 Å². The highest BCUT2D eigenvalue weighted by atomic mass is 32.1. The molecule has 0 aliphatic rings. The average Bonchev–Trinajstić information content (AvgIpc) is 2.85. The summed E-state index contributed by atoms with van der Waals surface area (Å²) < 4.78 is 7.13. The first-order valence-corrected chi connectivity index (χ1v) is 9.43. The lowest BCUT2D eigenvalue weighted by Crippen LogP contribution is -2.37. The number of aryl methyl sites for hydroxylation is 2. The zero-order valence-electron chi connectivity index (χ0n) is 15.2. The second-order valence-electron chi connectivity index (χ2n) is 6.55. The van der Waals surface area contributed by atoms with Crippen molar-refractivity contribution in [1.29, 1.82) is 0 Å². The Hall–Kier alpha value is -2.08. The number of aromatic nitrogens is 1. The van der Waals surface area contributed by atoms with Gasteiger partial charge < -0.3 is 10.1 Å². The standard InChI is InChI=1S/C19H26N2O3S/c1-13(2)24-17-9-7-16(8-10-17)6-5-14(3)20-18(22)11-21-15(4)12-25-19(21)23/h7-10,12-14H,5-6,11H2,1-4H3,(H,20,22). The Morgan fingerprint density at radius 2 is 1.92 bits per heavy atom. The third-order valence-corrected chi connectivity index (χ3v) is 4.73. The van der Waals surface area contributed by atoms with Crippen LogP contribution in [0.3, 0.4) is 0 Å². The molecule has 2 aromatic rings. The molecule has 0 saturated carbocycles. The van der Waals surface area contributed by atoms with E-state index in [9.17, 15) is 9.59 Å². The molecule has 1 aromatic heterocycles. The van der Waals surface area contributed by atoms with Crippen LogP contribution >= 0.6 is 11.3 Å². The summed E-state index contributed by atoms with van der Waals surface area (Å²) in [7, 11) is 0. The molecule has 1 unspecified atom stereocenters. The minimum atomic E-state index is -0.128. The van der Waals surface area contributed by atoms with Crippen molar-refractivity contribution < 1.29 is 9.53 Å². The van der Waals surface area contributed by atoms with Crippen LogP contribution in [0.2, 0.25) is 0 Å². The van der Waals surface area contributed by atoms with Gasteiger partial charge in [-0.05, 0) is 58.2 Å². The maximum atomic E-state index is 12.1. The lowest BCUT2D eigenvalue weighted by atomic mass is 10.1. The van der Waals surface area contributed by atoms with Gasteiger partial charge in [-0.2, -0.15) is 0 Å². The topological polar surface area (TPSA) is 60.3 Å². The van der Waals surface area contributed by atoms with Crippen molar-refractivity contribution in [2.45, 2.75) is 59.2 Å². The van der Waals surface area contributed by atoms with E-state index >= 15 is 0 Å². The molecular formula is C19H26N2O3S. The number of hydrogen-bond donors (Lipinski definition) is 1. The van der Waals surface area contributed by atoms with Gasteiger partial charge in [0.25, 0.3) is 0 Å². The molecule has 0 bridgehead atoms. The Labute approximate surface area is 152 Å². The molecule has 1 amide bonds. The lowest BCUT2D eigenvalue weighted by molar-refractivity contribution is -0.122. The molecule has 5 nitrogen and oxygen atoms in total. The van der Waals surface area contributed by atoms with Crippen molar-refractivity contribution in [2.75, 3.05) is 0 Å². The van der Waals surface area contributed by atoms with Crippen LogP contribution in [0.4, 0.5) is 0 Å². The Morgan fingerprint density at radius 1 is 1.24 bits per heavy atom. The number of carbonyl (C=O) groups is 1. The molecule has 1 N–H and O–H groups in total. The number of carbonyl (C=O) groups excluding carboxylic acids is 1. The van der Waals surface area contributed by atoms with Crippen molar-refractivity contribution in [1.82, 2.24) is 9.88 Å². The monoisotopic (exact) mass is 362 g/mol. The Bertz CT molecular complexity index is 747. The van der Waals surface area contributed by atoms with E-state index in [1.807, 2.05) is 39.8 Å². The number of benzene rings is 1. The molecule has 0 aliphatic heterocycles. The van der Waals surface area contributed by atoms with Gasteiger partial charge in [-0.25, -0.2) is 0 Å². The Kier molecular flexibility index (Phi) is 6.82. The predicted molar refractivity (Wildman–Crippen MR) is 101 cm³/mol. The van der Waals surface area contributed by atoms with E-state index in [0.717, 1.165) is 35.6 Å². The van der Waals surface area contributed by atoms with Gasteiger partial charge in [0, 0.05) is 17.1 Å². The number of rotatable bonds is 8. The lowest BCUT2D eigenvalue weighted by Gasteiger charge is -2.15. The third-order valence-electron chi connectivity index (χ3n) is 3.85. The summed E-state index contributed by atoms with van der Waals surface area (Å²) >= 11 is 1.12. The van der Waals surface area contributed by atoms with E-state index in [-0.39, 0.29) is 29.5 Å². The van der Waals surface area contributed by atoms with Crippen molar-refractivity contribution in [2.24, 2.45) is 0 Å². The van der Waals surface area contributed by atoms with E-state index in [1.165, 1.54) is 10.1 Å². The van der Waals surface area contributed by atoms with Gasteiger partial charge in [-0.15, -0.1) is 0 Å². The molecule has 25 heavy (non-hydrogen) atoms. The van der Waals surface area contributed by atoms with Crippen LogP contribution in [0, 0.1) is 6.92 Å². The fraction of sp³-hybridized carbons (Fsp3) is 0.474. The molecule has 1 atom stereocenters. The van der Waals surface area contributed by atoms with E-state index < -0.39 is 0 Å². The number of nitrogens with one attached hydrogen (secondary N) is 1. The number of amides is 1. The molecule has 1 heterocycles. The molecule has 0 spiro atoms. The molecule has 0 fully saturated rings. The summed E-state index contributed by atoms with van der Waals surface area (Å²) in [6.45, 7) is 7.91. The molecular weight excluding hydrogens is 336 g/mol. The second-order valence-corrected chi connectivity index (χ2v) is 7.37. The van der Waals surface area contributed by atoms with Gasteiger partial charge in [0.05, 0.1) is 6.10 Å². The highest BCUT2D eigenvalue weighted by Crippen LogP contribution is 2.15. The van der Waals surface area contributed by atoms with Gasteiger partial charge in [0.15, 0.2) is 0 Å². The normalized spacial score (nSPS) is 12.2. The zero-order valence-corrected chi connectivity index (χ0v) is 16.1. The fourth-order valence-corrected chi connectivity index (χ4v) is 3.26. The molecule has 1 aromatic carbocycles. The van der Waals surface area contributed by atoms with E-state index in [1.54, 1.807) is 5.38 Å². The van der Waals surface area contributed by atoms with Gasteiger partial charge in [-0.1, -0.05) is 23.5 Å². The molecule has 136 valence electrons. The van der Waals surface area contributed by atoms with Crippen LogP contribution in [0.25, 0.3) is 0 Å². The predicted octanol–water partition coefficient (Wildman–Crippen LogP) is 3.14. The molecule has 6 heteroatoms. The van der Waals surface area contributed by atoms with Crippen LogP contribution in [0.1, 0.15) is 38.4 Å². The quantitative estimate of drug-likeness (QED) is 0.785. The number of ether oxygens (including phenoxy) is 1. The maximum absolute atomic E-state index is 12.1. The van der Waals surface area contributed by atoms with Gasteiger partial charge in [0.2, 0.25) is 5.91 Å². The maximum Gasteiger partial charge on any atom is 0.307 e. The molecule has 0 radical (unpaired) electrons. The smallest absolute Gasteiger partial charge is 0.307 e. The fourth-order valence-electron chi connectivity index (χ4n) is 2.52. The van der Waals surface area contributed by atoms with Gasteiger partial charge in [0.1, 0.15) is 12.3 Å². The average molecular weight is 362 g/mol. The Balaban J connectivity index is 1.79. The summed E-state index contributed by atoms with van der Waals surface area (Å²) in [5, 5.41) is 4.73. The highest BCUT2D eigenvalue weighted by molar-refractivity contribution is 7.07. The summed E-state index contributed by atoms with van der Waals surface area (Å²) in [6, 6.07) is 8.11. The van der Waals surface area contributed by atoms with Crippen molar-refractivity contribution in [3.05, 3.63) is 50.6 Å². The van der Waals surface area contributed by atoms with Gasteiger partial charge in [-0.3, -0.25) is 14.2 Å². The van der Waals surface area contributed by atoms with Crippen LogP contribution in [-0.2, 0) is 17.8 Å². The van der Waals surface area contributed by atoms with Crippen LogP contribution in [-0.4, -0.2) is 22.6 Å². The molecule has 0 aliphatic carbocycles. The first kappa shape index (κ1) is 19.2. The van der Waals surface area contributed by atoms with Crippen LogP contribution in [0.5, 0.6) is 5.75 Å². The largest absolute Gasteiger partial charge is 0.491 e. The van der Waals surface area contributed by atoms with E-state index in [0.29, 0.717) is 0 Å². The van der Waals surface area contributed by atoms with Crippen molar-refractivity contribution in [3.8, 4) is 5.75 Å². The molecule has 0 saturated heterocycles. The first-order chi connectivity index (χ1) is 11.8. The number of thiazole rings is 1. The van der Waals surface area contributed by atoms with Crippen LogP contribution < -0.4 is 14.9 Å². The van der Waals surface area contributed by atoms with Crippen LogP contribution in [0.15, 0.2) is 34.4 Å². The minimum Gasteiger partial charge on any atom is -0.491 e. The second kappa shape index (κ2) is 8.85. The highest BCUT2D eigenvalue weighted by Gasteiger charge is 2.11. The summed E-state index contributed by atoms with van der Waals surface area (Å²) in [5.41, 5.74) is 2.03. The third kappa shape index (κ3) is 6.05. The van der Waals surface area contributed by atoms with Gasteiger partial charge >= 0.3 is 4.87 Å². The van der Waals surface area contributed by atoms with E-state index in [2.05, 4.69) is 17.4 Å². The molecule has 2 rings (SSSR count).